The fourth-order valence-corrected chi connectivity index (χ4v) is 1.68. The van der Waals surface area contributed by atoms with Crippen molar-refractivity contribution in [3.8, 4) is 0 Å². The van der Waals surface area contributed by atoms with Crippen LogP contribution in [0, 0.1) is 5.92 Å². The Morgan fingerprint density at radius 2 is 1.71 bits per heavy atom. The van der Waals surface area contributed by atoms with E-state index in [1.807, 2.05) is 0 Å². The minimum absolute atomic E-state index is 0.377. The third kappa shape index (κ3) is 8.52. The van der Waals surface area contributed by atoms with Gasteiger partial charge in [0.15, 0.2) is 0 Å². The summed E-state index contributed by atoms with van der Waals surface area (Å²) in [5.74, 6) is 0.553. The molecule has 86 valence electrons. The first-order valence-electron chi connectivity index (χ1n) is 5.96. The van der Waals surface area contributed by atoms with E-state index in [-0.39, 0.29) is 0 Å². The second kappa shape index (κ2) is 9.47. The van der Waals surface area contributed by atoms with Crippen LogP contribution >= 0.6 is 0 Å². The van der Waals surface area contributed by atoms with E-state index >= 15 is 0 Å². The van der Waals surface area contributed by atoms with Gasteiger partial charge in [-0.3, -0.25) is 0 Å². The first-order chi connectivity index (χ1) is 6.70. The van der Waals surface area contributed by atoms with Gasteiger partial charge in [0.05, 0.1) is 0 Å². The lowest BCUT2D eigenvalue weighted by atomic mass is 9.97. The summed E-state index contributed by atoms with van der Waals surface area (Å²) in [6, 6.07) is 0. The molecule has 0 heterocycles. The van der Waals surface area contributed by atoms with Crippen molar-refractivity contribution in [1.29, 1.82) is 0 Å². The van der Waals surface area contributed by atoms with Crippen molar-refractivity contribution in [3.05, 3.63) is 0 Å². The van der Waals surface area contributed by atoms with Gasteiger partial charge in [-0.25, -0.2) is 0 Å². The van der Waals surface area contributed by atoms with Crippen molar-refractivity contribution >= 4 is 0 Å². The number of hydrogen-bond acceptors (Lipinski definition) is 2. The van der Waals surface area contributed by atoms with Gasteiger partial charge in [0.2, 0.25) is 0 Å². The predicted molar refractivity (Wildman–Crippen MR) is 62.5 cm³/mol. The molecule has 0 unspecified atom stereocenters. The summed E-state index contributed by atoms with van der Waals surface area (Å²) in [7, 11) is 4.22. The van der Waals surface area contributed by atoms with Crippen LogP contribution in [0.25, 0.3) is 0 Å². The SMILES string of the molecule is CCCC[C@H](CO)CCCCN(C)C. The zero-order valence-corrected chi connectivity index (χ0v) is 10.1. The van der Waals surface area contributed by atoms with Crippen LogP contribution < -0.4 is 0 Å². The lowest BCUT2D eigenvalue weighted by Gasteiger charge is -2.14. The van der Waals surface area contributed by atoms with E-state index < -0.39 is 0 Å². The molecular weight excluding hydrogens is 174 g/mol. The minimum Gasteiger partial charge on any atom is -0.396 e. The molecule has 0 aromatic heterocycles. The largest absolute Gasteiger partial charge is 0.396 e. The third-order valence-corrected chi connectivity index (χ3v) is 2.69. The summed E-state index contributed by atoms with van der Waals surface area (Å²) in [4.78, 5) is 2.22. The number of aliphatic hydroxyl groups excluding tert-OH is 1. The van der Waals surface area contributed by atoms with E-state index in [0.717, 1.165) is 0 Å². The fraction of sp³-hybridized carbons (Fsp3) is 1.00. The molecular formula is C12H27NO. The molecule has 2 heteroatoms. The Balaban J connectivity index is 3.33. The molecule has 0 saturated carbocycles. The number of rotatable bonds is 9. The van der Waals surface area contributed by atoms with Crippen LogP contribution in [0.15, 0.2) is 0 Å². The zero-order chi connectivity index (χ0) is 10.8. The zero-order valence-electron chi connectivity index (χ0n) is 10.1. The molecule has 1 atom stereocenters. The Labute approximate surface area is 89.3 Å². The highest BCUT2D eigenvalue weighted by Gasteiger charge is 2.06. The van der Waals surface area contributed by atoms with Gasteiger partial charge in [0, 0.05) is 6.61 Å². The lowest BCUT2D eigenvalue weighted by Crippen LogP contribution is -2.13. The van der Waals surface area contributed by atoms with Gasteiger partial charge in [-0.15, -0.1) is 0 Å². The highest BCUT2D eigenvalue weighted by Crippen LogP contribution is 2.15. The van der Waals surface area contributed by atoms with Crippen molar-refractivity contribution in [1.82, 2.24) is 4.90 Å². The van der Waals surface area contributed by atoms with Crippen LogP contribution in [0.4, 0.5) is 0 Å². The summed E-state index contributed by atoms with van der Waals surface area (Å²) < 4.78 is 0. The quantitative estimate of drug-likeness (QED) is 0.579. The molecule has 0 aliphatic carbocycles. The maximum atomic E-state index is 9.15. The first-order valence-corrected chi connectivity index (χ1v) is 5.96. The van der Waals surface area contributed by atoms with Gasteiger partial charge in [0.1, 0.15) is 0 Å². The lowest BCUT2D eigenvalue weighted by molar-refractivity contribution is 0.204. The standard InChI is InChI=1S/C12H27NO/c1-4-5-8-12(11-14)9-6-7-10-13(2)3/h12,14H,4-11H2,1-3H3/t12-/m0/s1. The maximum Gasteiger partial charge on any atom is 0.0459 e. The van der Waals surface area contributed by atoms with Crippen LogP contribution in [-0.4, -0.2) is 37.3 Å². The molecule has 0 rings (SSSR count). The Hall–Kier alpha value is -0.0800. The smallest absolute Gasteiger partial charge is 0.0459 e. The number of unbranched alkanes of at least 4 members (excludes halogenated alkanes) is 2. The molecule has 0 aliphatic heterocycles. The molecule has 0 aromatic carbocycles. The molecule has 0 saturated heterocycles. The summed E-state index contributed by atoms with van der Waals surface area (Å²) in [5, 5.41) is 9.15. The van der Waals surface area contributed by atoms with E-state index in [1.165, 1.54) is 45.1 Å². The summed E-state index contributed by atoms with van der Waals surface area (Å²) in [5.41, 5.74) is 0. The molecule has 0 spiro atoms. The highest BCUT2D eigenvalue weighted by atomic mass is 16.3. The highest BCUT2D eigenvalue weighted by molar-refractivity contribution is 4.58. The van der Waals surface area contributed by atoms with Gasteiger partial charge in [-0.05, 0) is 45.8 Å². The molecule has 0 amide bonds. The van der Waals surface area contributed by atoms with Crippen LogP contribution in [0.5, 0.6) is 0 Å². The van der Waals surface area contributed by atoms with Gasteiger partial charge in [0.25, 0.3) is 0 Å². The van der Waals surface area contributed by atoms with Crippen molar-refractivity contribution in [2.45, 2.75) is 45.4 Å². The molecule has 0 bridgehead atoms. The first kappa shape index (κ1) is 13.9. The van der Waals surface area contributed by atoms with Crippen molar-refractivity contribution < 1.29 is 5.11 Å². The topological polar surface area (TPSA) is 23.5 Å². The van der Waals surface area contributed by atoms with E-state index in [1.54, 1.807) is 0 Å². The Morgan fingerprint density at radius 1 is 1.07 bits per heavy atom. The van der Waals surface area contributed by atoms with Crippen LogP contribution in [-0.2, 0) is 0 Å². The molecule has 0 fully saturated rings. The monoisotopic (exact) mass is 201 g/mol. The molecule has 14 heavy (non-hydrogen) atoms. The fourth-order valence-electron chi connectivity index (χ4n) is 1.68. The molecule has 0 aromatic rings. The predicted octanol–water partition coefficient (Wildman–Crippen LogP) is 2.52. The van der Waals surface area contributed by atoms with Crippen molar-refractivity contribution in [2.24, 2.45) is 5.92 Å². The third-order valence-electron chi connectivity index (χ3n) is 2.69. The van der Waals surface area contributed by atoms with E-state index in [0.29, 0.717) is 12.5 Å². The molecule has 1 N–H and O–H groups in total. The van der Waals surface area contributed by atoms with Crippen LogP contribution in [0.2, 0.25) is 0 Å². The molecule has 0 aliphatic rings. The normalized spacial score (nSPS) is 13.5. The summed E-state index contributed by atoms with van der Waals surface area (Å²) in [6.45, 7) is 3.76. The minimum atomic E-state index is 0.377. The van der Waals surface area contributed by atoms with E-state index in [4.69, 9.17) is 5.11 Å². The Bertz CT molecular complexity index is 115. The van der Waals surface area contributed by atoms with Crippen molar-refractivity contribution in [2.75, 3.05) is 27.2 Å². The van der Waals surface area contributed by atoms with Crippen LogP contribution in [0.3, 0.4) is 0 Å². The van der Waals surface area contributed by atoms with Gasteiger partial charge >= 0.3 is 0 Å². The van der Waals surface area contributed by atoms with Gasteiger partial charge < -0.3 is 10.0 Å². The molecule has 2 nitrogen and oxygen atoms in total. The number of hydrogen-bond donors (Lipinski definition) is 1. The molecule has 0 radical (unpaired) electrons. The number of nitrogens with zero attached hydrogens (tertiary/aromatic N) is 1. The van der Waals surface area contributed by atoms with Gasteiger partial charge in [-0.2, -0.15) is 0 Å². The van der Waals surface area contributed by atoms with Crippen molar-refractivity contribution in [3.63, 3.8) is 0 Å². The summed E-state index contributed by atoms with van der Waals surface area (Å²) >= 11 is 0. The second-order valence-electron chi connectivity index (χ2n) is 4.49. The number of aliphatic hydroxyl groups is 1. The van der Waals surface area contributed by atoms with Gasteiger partial charge in [-0.1, -0.05) is 26.2 Å². The van der Waals surface area contributed by atoms with Crippen LogP contribution in [0.1, 0.15) is 45.4 Å². The summed E-state index contributed by atoms with van der Waals surface area (Å²) in [6.07, 6.45) is 7.43. The second-order valence-corrected chi connectivity index (χ2v) is 4.49. The average Bonchev–Trinajstić information content (AvgIpc) is 2.16. The van der Waals surface area contributed by atoms with E-state index in [9.17, 15) is 0 Å². The maximum absolute atomic E-state index is 9.15. The van der Waals surface area contributed by atoms with E-state index in [2.05, 4.69) is 25.9 Å². The average molecular weight is 201 g/mol. The Kier molecular flexibility index (Phi) is 9.42. The Morgan fingerprint density at radius 3 is 2.21 bits per heavy atom.